The van der Waals surface area contributed by atoms with Crippen LogP contribution in [-0.2, 0) is 11.2 Å². The molecule has 2 rings (SSSR count). The molecule has 2 N–H and O–H groups in total. The maximum Gasteiger partial charge on any atom is 0.228 e. The van der Waals surface area contributed by atoms with Crippen LogP contribution >= 0.6 is 0 Å². The van der Waals surface area contributed by atoms with Crippen LogP contribution < -0.4 is 5.32 Å². The fourth-order valence-corrected chi connectivity index (χ4v) is 1.86. The summed E-state index contributed by atoms with van der Waals surface area (Å²) in [5, 5.41) is 9.90. The number of piperazine rings is 1. The minimum Gasteiger partial charge on any atom is -0.337 e. The highest BCUT2D eigenvalue weighted by molar-refractivity contribution is 5.78. The molecule has 1 atom stereocenters. The lowest BCUT2D eigenvalue weighted by Gasteiger charge is -2.33. The largest absolute Gasteiger partial charge is 0.337 e. The molecule has 0 spiro atoms. The molecule has 1 aliphatic rings. The van der Waals surface area contributed by atoms with Crippen molar-refractivity contribution in [2.24, 2.45) is 0 Å². The number of hydrogen-bond donors (Lipinski definition) is 2. The van der Waals surface area contributed by atoms with E-state index < -0.39 is 0 Å². The van der Waals surface area contributed by atoms with Crippen molar-refractivity contribution in [2.75, 3.05) is 19.6 Å². The molecule has 0 aromatic carbocycles. The molecule has 1 aromatic rings. The van der Waals surface area contributed by atoms with E-state index in [0.717, 1.165) is 25.3 Å². The van der Waals surface area contributed by atoms with Gasteiger partial charge in [-0.2, -0.15) is 5.10 Å². The van der Waals surface area contributed by atoms with E-state index in [-0.39, 0.29) is 11.9 Å². The summed E-state index contributed by atoms with van der Waals surface area (Å²) in [4.78, 5) is 13.9. The monoisotopic (exact) mass is 208 g/mol. The molecule has 1 amide bonds. The van der Waals surface area contributed by atoms with E-state index in [2.05, 4.69) is 22.4 Å². The first-order valence-electron chi connectivity index (χ1n) is 5.26. The van der Waals surface area contributed by atoms with Gasteiger partial charge in [0.1, 0.15) is 0 Å². The SMILES string of the molecule is CC1CNCCN1C(=O)Cc1ccn[nH]1. The summed E-state index contributed by atoms with van der Waals surface area (Å²) in [6, 6.07) is 2.12. The van der Waals surface area contributed by atoms with Crippen LogP contribution in [0.1, 0.15) is 12.6 Å². The number of carbonyl (C=O) groups is 1. The van der Waals surface area contributed by atoms with E-state index in [4.69, 9.17) is 0 Å². The van der Waals surface area contributed by atoms with Gasteiger partial charge in [0.2, 0.25) is 5.91 Å². The highest BCUT2D eigenvalue weighted by Gasteiger charge is 2.22. The van der Waals surface area contributed by atoms with Gasteiger partial charge in [0, 0.05) is 37.6 Å². The number of hydrogen-bond acceptors (Lipinski definition) is 3. The number of nitrogens with one attached hydrogen (secondary N) is 2. The third-order valence-electron chi connectivity index (χ3n) is 2.72. The average molecular weight is 208 g/mol. The minimum absolute atomic E-state index is 0.174. The van der Waals surface area contributed by atoms with Crippen LogP contribution in [0.3, 0.4) is 0 Å². The number of carbonyl (C=O) groups excluding carboxylic acids is 1. The molecule has 82 valence electrons. The molecule has 15 heavy (non-hydrogen) atoms. The molecule has 0 radical (unpaired) electrons. The Bertz CT molecular complexity index is 322. The molecule has 5 heteroatoms. The van der Waals surface area contributed by atoms with Crippen molar-refractivity contribution >= 4 is 5.91 Å². The van der Waals surface area contributed by atoms with Crippen LogP contribution in [-0.4, -0.2) is 46.7 Å². The summed E-state index contributed by atoms with van der Waals surface area (Å²) in [6.45, 7) is 4.64. The first-order chi connectivity index (χ1) is 7.27. The standard InChI is InChI=1S/C10H16N4O/c1-8-7-11-4-5-14(8)10(15)6-9-2-3-12-13-9/h2-3,8,11H,4-7H2,1H3,(H,12,13). The van der Waals surface area contributed by atoms with Gasteiger partial charge in [-0.3, -0.25) is 9.89 Å². The number of aromatic amines is 1. The average Bonchev–Trinajstić information content (AvgIpc) is 2.71. The Morgan fingerprint density at radius 2 is 2.60 bits per heavy atom. The molecule has 1 unspecified atom stereocenters. The quantitative estimate of drug-likeness (QED) is 0.706. The van der Waals surface area contributed by atoms with Gasteiger partial charge in [0.05, 0.1) is 6.42 Å². The van der Waals surface area contributed by atoms with Gasteiger partial charge in [-0.05, 0) is 13.0 Å². The van der Waals surface area contributed by atoms with Crippen LogP contribution in [0, 0.1) is 0 Å². The first kappa shape index (κ1) is 10.2. The second-order valence-electron chi connectivity index (χ2n) is 3.90. The number of H-pyrrole nitrogens is 1. The van der Waals surface area contributed by atoms with E-state index in [0.29, 0.717) is 6.42 Å². The van der Waals surface area contributed by atoms with Crippen molar-refractivity contribution < 1.29 is 4.79 Å². The topological polar surface area (TPSA) is 61.0 Å². The second-order valence-corrected chi connectivity index (χ2v) is 3.90. The third-order valence-corrected chi connectivity index (χ3v) is 2.72. The molecule has 0 saturated carbocycles. The fourth-order valence-electron chi connectivity index (χ4n) is 1.86. The van der Waals surface area contributed by atoms with Crippen LogP contribution in [0.2, 0.25) is 0 Å². The molecular weight excluding hydrogens is 192 g/mol. The Balaban J connectivity index is 1.95. The van der Waals surface area contributed by atoms with Gasteiger partial charge in [-0.1, -0.05) is 0 Å². The van der Waals surface area contributed by atoms with E-state index in [1.54, 1.807) is 6.20 Å². The lowest BCUT2D eigenvalue weighted by Crippen LogP contribution is -2.52. The Morgan fingerprint density at radius 3 is 3.27 bits per heavy atom. The molecule has 5 nitrogen and oxygen atoms in total. The Morgan fingerprint density at radius 1 is 1.73 bits per heavy atom. The summed E-state index contributed by atoms with van der Waals surface area (Å²) in [6.07, 6.45) is 2.09. The van der Waals surface area contributed by atoms with Gasteiger partial charge < -0.3 is 10.2 Å². The van der Waals surface area contributed by atoms with Gasteiger partial charge in [-0.25, -0.2) is 0 Å². The number of nitrogens with zero attached hydrogens (tertiary/aromatic N) is 2. The minimum atomic E-state index is 0.174. The number of aromatic nitrogens is 2. The van der Waals surface area contributed by atoms with Gasteiger partial charge in [0.15, 0.2) is 0 Å². The highest BCUT2D eigenvalue weighted by atomic mass is 16.2. The zero-order chi connectivity index (χ0) is 10.7. The predicted octanol–water partition coefficient (Wildman–Crippen LogP) is -0.227. The van der Waals surface area contributed by atoms with E-state index in [1.807, 2.05) is 11.0 Å². The van der Waals surface area contributed by atoms with Crippen LogP contribution in [0.25, 0.3) is 0 Å². The Kier molecular flexibility index (Phi) is 3.01. The molecular formula is C10H16N4O. The Hall–Kier alpha value is -1.36. The molecule has 1 aliphatic heterocycles. The summed E-state index contributed by atoms with van der Waals surface area (Å²) in [7, 11) is 0. The van der Waals surface area contributed by atoms with E-state index >= 15 is 0 Å². The van der Waals surface area contributed by atoms with Crippen molar-refractivity contribution in [3.8, 4) is 0 Å². The normalized spacial score (nSPS) is 21.7. The predicted molar refractivity (Wildman–Crippen MR) is 56.3 cm³/mol. The molecule has 1 saturated heterocycles. The third kappa shape index (κ3) is 2.36. The van der Waals surface area contributed by atoms with E-state index in [1.165, 1.54) is 0 Å². The van der Waals surface area contributed by atoms with Gasteiger partial charge in [0.25, 0.3) is 0 Å². The smallest absolute Gasteiger partial charge is 0.228 e. The molecule has 2 heterocycles. The maximum absolute atomic E-state index is 11.9. The first-order valence-corrected chi connectivity index (χ1v) is 5.26. The summed E-state index contributed by atoms with van der Waals surface area (Å²) < 4.78 is 0. The fraction of sp³-hybridized carbons (Fsp3) is 0.600. The van der Waals surface area contributed by atoms with Crippen molar-refractivity contribution in [1.29, 1.82) is 0 Å². The zero-order valence-electron chi connectivity index (χ0n) is 8.86. The molecule has 0 bridgehead atoms. The van der Waals surface area contributed by atoms with Gasteiger partial charge in [-0.15, -0.1) is 0 Å². The van der Waals surface area contributed by atoms with Crippen molar-refractivity contribution in [3.63, 3.8) is 0 Å². The molecule has 1 aromatic heterocycles. The number of rotatable bonds is 2. The summed E-state index contributed by atoms with van der Waals surface area (Å²) in [5.74, 6) is 0.174. The summed E-state index contributed by atoms with van der Waals surface area (Å²) >= 11 is 0. The lowest BCUT2D eigenvalue weighted by atomic mass is 10.2. The lowest BCUT2D eigenvalue weighted by molar-refractivity contribution is -0.133. The highest BCUT2D eigenvalue weighted by Crippen LogP contribution is 2.06. The molecule has 0 aliphatic carbocycles. The molecule has 1 fully saturated rings. The van der Waals surface area contributed by atoms with Crippen molar-refractivity contribution in [3.05, 3.63) is 18.0 Å². The Labute approximate surface area is 88.8 Å². The van der Waals surface area contributed by atoms with Crippen molar-refractivity contribution in [2.45, 2.75) is 19.4 Å². The van der Waals surface area contributed by atoms with Crippen LogP contribution in [0.4, 0.5) is 0 Å². The summed E-state index contributed by atoms with van der Waals surface area (Å²) in [5.41, 5.74) is 0.880. The zero-order valence-corrected chi connectivity index (χ0v) is 8.86. The number of amides is 1. The maximum atomic E-state index is 11.9. The van der Waals surface area contributed by atoms with Crippen molar-refractivity contribution in [1.82, 2.24) is 20.4 Å². The van der Waals surface area contributed by atoms with E-state index in [9.17, 15) is 4.79 Å². The van der Waals surface area contributed by atoms with Crippen LogP contribution in [0.15, 0.2) is 12.3 Å². The second kappa shape index (κ2) is 4.44. The van der Waals surface area contributed by atoms with Gasteiger partial charge >= 0.3 is 0 Å². The van der Waals surface area contributed by atoms with Crippen LogP contribution in [0.5, 0.6) is 0 Å².